The Morgan fingerprint density at radius 3 is 3.05 bits per heavy atom. The van der Waals surface area contributed by atoms with Crippen LogP contribution in [0.4, 0.5) is 0 Å². The first-order valence-electron chi connectivity index (χ1n) is 7.01. The molecular formula is C16H14N2O2S. The van der Waals surface area contributed by atoms with Gasteiger partial charge in [0.1, 0.15) is 11.3 Å². The van der Waals surface area contributed by atoms with Crippen molar-refractivity contribution in [3.05, 3.63) is 53.4 Å². The average Bonchev–Trinajstić information content (AvgIpc) is 3.24. The first-order chi connectivity index (χ1) is 10.3. The second-order valence-electron chi connectivity index (χ2n) is 5.19. The van der Waals surface area contributed by atoms with E-state index in [4.69, 9.17) is 9.40 Å². The molecule has 1 fully saturated rings. The minimum atomic E-state index is 0.0329. The van der Waals surface area contributed by atoms with Crippen LogP contribution in [0.5, 0.6) is 0 Å². The molecule has 3 aromatic rings. The predicted octanol–water partition coefficient (Wildman–Crippen LogP) is 3.87. The molecule has 0 radical (unpaired) electrons. The molecule has 1 aliphatic heterocycles. The lowest BCUT2D eigenvalue weighted by Crippen LogP contribution is -2.30. The minimum Gasteiger partial charge on any atom is -0.472 e. The van der Waals surface area contributed by atoms with Crippen LogP contribution in [0.2, 0.25) is 0 Å². The van der Waals surface area contributed by atoms with Gasteiger partial charge in [0, 0.05) is 6.54 Å². The summed E-state index contributed by atoms with van der Waals surface area (Å²) in [6.45, 7) is 0.782. The van der Waals surface area contributed by atoms with Crippen LogP contribution in [0, 0.1) is 0 Å². The van der Waals surface area contributed by atoms with Gasteiger partial charge in [0.2, 0.25) is 0 Å². The maximum absolute atomic E-state index is 12.5. The van der Waals surface area contributed by atoms with Crippen molar-refractivity contribution in [1.82, 2.24) is 9.88 Å². The first kappa shape index (κ1) is 12.6. The van der Waals surface area contributed by atoms with Gasteiger partial charge < -0.3 is 9.32 Å². The number of hydrogen-bond acceptors (Lipinski definition) is 4. The molecule has 0 saturated carbocycles. The van der Waals surface area contributed by atoms with E-state index >= 15 is 0 Å². The van der Waals surface area contributed by atoms with Crippen LogP contribution in [0.3, 0.4) is 0 Å². The van der Waals surface area contributed by atoms with E-state index in [1.54, 1.807) is 17.4 Å². The molecule has 0 spiro atoms. The van der Waals surface area contributed by atoms with Crippen LogP contribution in [0.25, 0.3) is 10.2 Å². The fourth-order valence-electron chi connectivity index (χ4n) is 2.85. The molecule has 3 heterocycles. The predicted molar refractivity (Wildman–Crippen MR) is 81.3 cm³/mol. The zero-order valence-electron chi connectivity index (χ0n) is 11.4. The highest BCUT2D eigenvalue weighted by Crippen LogP contribution is 2.37. The largest absolute Gasteiger partial charge is 0.472 e. The van der Waals surface area contributed by atoms with Crippen LogP contribution in [-0.2, 0) is 0 Å². The van der Waals surface area contributed by atoms with Crippen molar-refractivity contribution in [3.63, 3.8) is 0 Å². The van der Waals surface area contributed by atoms with Crippen LogP contribution >= 0.6 is 11.3 Å². The number of para-hydroxylation sites is 1. The highest BCUT2D eigenvalue weighted by molar-refractivity contribution is 7.18. The third-order valence-electron chi connectivity index (χ3n) is 3.88. The topological polar surface area (TPSA) is 46.3 Å². The van der Waals surface area contributed by atoms with Gasteiger partial charge >= 0.3 is 0 Å². The monoisotopic (exact) mass is 298 g/mol. The number of hydrogen-bond donors (Lipinski definition) is 0. The summed E-state index contributed by atoms with van der Waals surface area (Å²) in [5.41, 5.74) is 1.63. The van der Waals surface area contributed by atoms with Gasteiger partial charge in [-0.25, -0.2) is 4.98 Å². The number of furan rings is 1. The first-order valence-corrected chi connectivity index (χ1v) is 7.83. The van der Waals surface area contributed by atoms with Gasteiger partial charge in [-0.3, -0.25) is 4.79 Å². The fourth-order valence-corrected chi connectivity index (χ4v) is 3.97. The number of fused-ring (bicyclic) bond motifs is 1. The van der Waals surface area contributed by atoms with E-state index in [9.17, 15) is 4.79 Å². The molecule has 1 aliphatic rings. The Hall–Kier alpha value is -2.14. The third kappa shape index (κ3) is 2.14. The number of likely N-dealkylation sites (tertiary alicyclic amines) is 1. The molecule has 2 aromatic heterocycles. The van der Waals surface area contributed by atoms with Gasteiger partial charge in [-0.1, -0.05) is 12.1 Å². The normalized spacial score (nSPS) is 18.5. The number of benzene rings is 1. The molecule has 21 heavy (non-hydrogen) atoms. The van der Waals surface area contributed by atoms with Crippen molar-refractivity contribution in [2.75, 3.05) is 6.54 Å². The Morgan fingerprint density at radius 2 is 2.24 bits per heavy atom. The van der Waals surface area contributed by atoms with Crippen LogP contribution < -0.4 is 0 Å². The number of carbonyl (C=O) groups is 1. The molecule has 1 atom stereocenters. The summed E-state index contributed by atoms with van der Waals surface area (Å²) < 4.78 is 6.20. The number of carbonyl (C=O) groups excluding carboxylic acids is 1. The van der Waals surface area contributed by atoms with Crippen LogP contribution in [0.1, 0.15) is 34.2 Å². The lowest BCUT2D eigenvalue weighted by atomic mass is 10.2. The van der Waals surface area contributed by atoms with E-state index in [0.29, 0.717) is 5.56 Å². The second-order valence-corrected chi connectivity index (χ2v) is 6.25. The Bertz CT molecular complexity index is 746. The molecule has 5 heteroatoms. The molecule has 0 N–H and O–H groups in total. The maximum Gasteiger partial charge on any atom is 0.257 e. The number of nitrogens with zero attached hydrogens (tertiary/aromatic N) is 2. The quantitative estimate of drug-likeness (QED) is 0.721. The average molecular weight is 298 g/mol. The number of rotatable bonds is 2. The van der Waals surface area contributed by atoms with Crippen molar-refractivity contribution < 1.29 is 9.21 Å². The highest BCUT2D eigenvalue weighted by atomic mass is 32.1. The van der Waals surface area contributed by atoms with E-state index in [1.807, 2.05) is 23.1 Å². The molecule has 106 valence electrons. The van der Waals surface area contributed by atoms with Crippen molar-refractivity contribution >= 4 is 27.5 Å². The van der Waals surface area contributed by atoms with Gasteiger partial charge in [-0.2, -0.15) is 0 Å². The van der Waals surface area contributed by atoms with E-state index in [2.05, 4.69) is 6.07 Å². The fraction of sp³-hybridized carbons (Fsp3) is 0.250. The molecule has 0 unspecified atom stereocenters. The molecule has 1 amide bonds. The van der Waals surface area contributed by atoms with Crippen molar-refractivity contribution in [1.29, 1.82) is 0 Å². The van der Waals surface area contributed by atoms with Gasteiger partial charge in [-0.15, -0.1) is 11.3 Å². The second kappa shape index (κ2) is 5.00. The lowest BCUT2D eigenvalue weighted by molar-refractivity contribution is 0.0735. The maximum atomic E-state index is 12.5. The summed E-state index contributed by atoms with van der Waals surface area (Å²) in [6, 6.07) is 9.92. The van der Waals surface area contributed by atoms with Crippen LogP contribution in [-0.4, -0.2) is 22.3 Å². The summed E-state index contributed by atoms with van der Waals surface area (Å²) in [5.74, 6) is 0.0329. The number of amides is 1. The zero-order chi connectivity index (χ0) is 14.2. The molecule has 1 aromatic carbocycles. The summed E-state index contributed by atoms with van der Waals surface area (Å²) >= 11 is 1.68. The molecular weight excluding hydrogens is 284 g/mol. The smallest absolute Gasteiger partial charge is 0.257 e. The zero-order valence-corrected chi connectivity index (χ0v) is 12.2. The van der Waals surface area contributed by atoms with E-state index in [-0.39, 0.29) is 11.9 Å². The number of thiazole rings is 1. The van der Waals surface area contributed by atoms with Gasteiger partial charge in [-0.05, 0) is 31.0 Å². The summed E-state index contributed by atoms with van der Waals surface area (Å²) in [6.07, 6.45) is 5.04. The van der Waals surface area contributed by atoms with Crippen molar-refractivity contribution in [2.24, 2.45) is 0 Å². The summed E-state index contributed by atoms with van der Waals surface area (Å²) in [4.78, 5) is 19.2. The molecule has 4 nitrogen and oxygen atoms in total. The summed E-state index contributed by atoms with van der Waals surface area (Å²) in [5, 5.41) is 1.03. The molecule has 0 bridgehead atoms. The molecule has 1 saturated heterocycles. The standard InChI is InChI=1S/C16H14N2O2S/c19-16(11-7-9-20-10-11)18-8-3-5-13(18)15-17-12-4-1-2-6-14(12)21-15/h1-2,4,6-7,9-10,13H,3,5,8H2/t13-/m0/s1. The Balaban J connectivity index is 1.68. The Labute approximate surface area is 126 Å². The van der Waals surface area contributed by atoms with Crippen LogP contribution in [0.15, 0.2) is 47.3 Å². The Kier molecular flexibility index (Phi) is 3.00. The minimum absolute atomic E-state index is 0.0329. The van der Waals surface area contributed by atoms with Crippen molar-refractivity contribution in [3.8, 4) is 0 Å². The van der Waals surface area contributed by atoms with E-state index in [1.165, 1.54) is 17.2 Å². The van der Waals surface area contributed by atoms with Gasteiger partial charge in [0.25, 0.3) is 5.91 Å². The van der Waals surface area contributed by atoms with E-state index in [0.717, 1.165) is 29.9 Å². The van der Waals surface area contributed by atoms with Crippen molar-refractivity contribution in [2.45, 2.75) is 18.9 Å². The third-order valence-corrected chi connectivity index (χ3v) is 5.01. The van der Waals surface area contributed by atoms with Gasteiger partial charge in [0.15, 0.2) is 0 Å². The lowest BCUT2D eigenvalue weighted by Gasteiger charge is -2.22. The van der Waals surface area contributed by atoms with E-state index < -0.39 is 0 Å². The van der Waals surface area contributed by atoms with Gasteiger partial charge in [0.05, 0.1) is 28.1 Å². The molecule has 0 aliphatic carbocycles. The SMILES string of the molecule is O=C(c1ccoc1)N1CCC[C@H]1c1nc2ccccc2s1. The number of aromatic nitrogens is 1. The molecule has 4 rings (SSSR count). The highest BCUT2D eigenvalue weighted by Gasteiger charge is 2.33. The summed E-state index contributed by atoms with van der Waals surface area (Å²) in [7, 11) is 0. The Morgan fingerprint density at radius 1 is 1.33 bits per heavy atom.